The summed E-state index contributed by atoms with van der Waals surface area (Å²) in [5.41, 5.74) is 2.27. The zero-order chi connectivity index (χ0) is 30.1. The lowest BCUT2D eigenvalue weighted by molar-refractivity contribution is 0.0620. The van der Waals surface area contributed by atoms with Crippen LogP contribution in [0.2, 0.25) is 0 Å². The Morgan fingerprint density at radius 3 is 2.60 bits per heavy atom. The number of amides is 2. The molecule has 0 spiro atoms. The standard InChI is InChI=1S/C32H30FN5O4S/c1-34-31(40)27-25-15-14-21(17-26(25)42-29(27)19-10-12-20(33)13-11-19)38(43-2)18-22-7-5-6-16-37(22)32(41)28-23-8-3-4-9-24(23)30(39)36-35-28/h3-4,8-15,17,22H,5-7,16,18H2,1-2H3,(H,34,40)(H,36,39). The van der Waals surface area contributed by atoms with Gasteiger partial charge in [0.15, 0.2) is 5.69 Å². The number of likely N-dealkylation sites (tertiary alicyclic amines) is 1. The second kappa shape index (κ2) is 11.9. The number of H-pyrrole nitrogens is 1. The molecule has 1 fully saturated rings. The van der Waals surface area contributed by atoms with E-state index in [0.717, 1.165) is 24.9 Å². The van der Waals surface area contributed by atoms with Gasteiger partial charge in [-0.05, 0) is 61.7 Å². The number of nitrogens with zero attached hydrogens (tertiary/aromatic N) is 3. The second-order valence-electron chi connectivity index (χ2n) is 10.4. The number of rotatable bonds is 7. The van der Waals surface area contributed by atoms with Crippen LogP contribution in [0.4, 0.5) is 10.1 Å². The normalized spacial score (nSPS) is 15.1. The maximum absolute atomic E-state index is 13.8. The van der Waals surface area contributed by atoms with Gasteiger partial charge in [-0.25, -0.2) is 9.49 Å². The van der Waals surface area contributed by atoms with Crippen molar-refractivity contribution in [3.63, 3.8) is 0 Å². The number of aromatic nitrogens is 2. The zero-order valence-corrected chi connectivity index (χ0v) is 24.5. The van der Waals surface area contributed by atoms with Crippen LogP contribution in [-0.2, 0) is 0 Å². The SMILES string of the molecule is CNC(=O)c1c(-c2ccc(F)cc2)oc2cc(N(CC3CCCCN3C(=O)c3n[nH]c(=O)c4ccccc34)SC)ccc12. The Morgan fingerprint density at radius 1 is 1.09 bits per heavy atom. The topological polar surface area (TPSA) is 112 Å². The third-order valence-corrected chi connectivity index (χ3v) is 8.71. The number of fused-ring (bicyclic) bond motifs is 2. The molecular weight excluding hydrogens is 569 g/mol. The van der Waals surface area contributed by atoms with Crippen molar-refractivity contribution >= 4 is 51.2 Å². The molecule has 3 heterocycles. The Morgan fingerprint density at radius 2 is 1.86 bits per heavy atom. The van der Waals surface area contributed by atoms with Gasteiger partial charge in [0.1, 0.15) is 17.2 Å². The highest BCUT2D eigenvalue weighted by atomic mass is 32.2. The monoisotopic (exact) mass is 599 g/mol. The quantitative estimate of drug-likeness (QED) is 0.234. The fourth-order valence-electron chi connectivity index (χ4n) is 5.74. The first-order valence-electron chi connectivity index (χ1n) is 14.0. The zero-order valence-electron chi connectivity index (χ0n) is 23.7. The Bertz CT molecular complexity index is 1890. The van der Waals surface area contributed by atoms with Crippen LogP contribution in [0.5, 0.6) is 0 Å². The van der Waals surface area contributed by atoms with Crippen LogP contribution in [0.25, 0.3) is 33.1 Å². The van der Waals surface area contributed by atoms with Gasteiger partial charge in [0.25, 0.3) is 17.4 Å². The summed E-state index contributed by atoms with van der Waals surface area (Å²) in [7, 11) is 1.56. The number of benzene rings is 3. The Balaban J connectivity index is 1.32. The minimum Gasteiger partial charge on any atom is -0.455 e. The van der Waals surface area contributed by atoms with Crippen molar-refractivity contribution in [2.75, 3.05) is 30.7 Å². The number of piperidine rings is 1. The molecule has 11 heteroatoms. The van der Waals surface area contributed by atoms with Gasteiger partial charge in [0.05, 0.1) is 29.2 Å². The maximum Gasteiger partial charge on any atom is 0.275 e. The second-order valence-corrected chi connectivity index (χ2v) is 11.2. The number of furan rings is 1. The highest BCUT2D eigenvalue weighted by Crippen LogP contribution is 2.37. The lowest BCUT2D eigenvalue weighted by Crippen LogP contribution is -2.49. The van der Waals surface area contributed by atoms with E-state index in [0.29, 0.717) is 51.7 Å². The third-order valence-electron chi connectivity index (χ3n) is 7.91. The predicted molar refractivity (Wildman–Crippen MR) is 167 cm³/mol. The van der Waals surface area contributed by atoms with Crippen LogP contribution in [0, 0.1) is 5.82 Å². The van der Waals surface area contributed by atoms with E-state index in [2.05, 4.69) is 19.8 Å². The van der Waals surface area contributed by atoms with Crippen molar-refractivity contribution in [3.05, 3.63) is 94.2 Å². The summed E-state index contributed by atoms with van der Waals surface area (Å²) >= 11 is 1.53. The molecule has 3 aromatic carbocycles. The highest BCUT2D eigenvalue weighted by Gasteiger charge is 2.31. The smallest absolute Gasteiger partial charge is 0.275 e. The van der Waals surface area contributed by atoms with E-state index < -0.39 is 0 Å². The van der Waals surface area contributed by atoms with Gasteiger partial charge in [0, 0.05) is 42.3 Å². The van der Waals surface area contributed by atoms with Crippen molar-refractivity contribution in [2.45, 2.75) is 25.3 Å². The van der Waals surface area contributed by atoms with Crippen LogP contribution in [0.3, 0.4) is 0 Å². The molecule has 2 amide bonds. The van der Waals surface area contributed by atoms with E-state index in [1.807, 2.05) is 29.4 Å². The van der Waals surface area contributed by atoms with E-state index in [1.165, 1.54) is 24.1 Å². The summed E-state index contributed by atoms with van der Waals surface area (Å²) in [4.78, 5) is 40.9. The number of hydrogen-bond donors (Lipinski definition) is 2. The number of nitrogens with one attached hydrogen (secondary N) is 2. The summed E-state index contributed by atoms with van der Waals surface area (Å²) < 4.78 is 21.9. The average Bonchev–Trinajstić information content (AvgIpc) is 3.42. The van der Waals surface area contributed by atoms with Crippen LogP contribution in [-0.4, -0.2) is 59.3 Å². The van der Waals surface area contributed by atoms with E-state index >= 15 is 0 Å². The average molecular weight is 600 g/mol. The molecule has 1 aliphatic rings. The summed E-state index contributed by atoms with van der Waals surface area (Å²) in [6.07, 6.45) is 4.67. The summed E-state index contributed by atoms with van der Waals surface area (Å²) in [6.45, 7) is 1.14. The van der Waals surface area contributed by atoms with Crippen LogP contribution >= 0.6 is 11.9 Å². The molecule has 1 atom stereocenters. The van der Waals surface area contributed by atoms with Crippen LogP contribution < -0.4 is 15.2 Å². The Hall–Kier alpha value is -4.64. The van der Waals surface area contributed by atoms with E-state index in [4.69, 9.17) is 4.42 Å². The van der Waals surface area contributed by atoms with Crippen LogP contribution in [0.1, 0.15) is 40.1 Å². The van der Waals surface area contributed by atoms with Crippen molar-refractivity contribution in [1.29, 1.82) is 0 Å². The van der Waals surface area contributed by atoms with E-state index in [9.17, 15) is 18.8 Å². The Labute approximate surface area is 251 Å². The van der Waals surface area contributed by atoms with Crippen molar-refractivity contribution in [3.8, 4) is 11.3 Å². The molecule has 220 valence electrons. The summed E-state index contributed by atoms with van der Waals surface area (Å²) in [6, 6.07) is 18.4. The predicted octanol–water partition coefficient (Wildman–Crippen LogP) is 5.61. The molecule has 1 unspecified atom stereocenters. The van der Waals surface area contributed by atoms with E-state index in [-0.39, 0.29) is 34.9 Å². The van der Waals surface area contributed by atoms with Crippen LogP contribution in [0.15, 0.2) is 75.9 Å². The number of aromatic amines is 1. The number of hydrogen-bond acceptors (Lipinski definition) is 7. The fourth-order valence-corrected chi connectivity index (χ4v) is 6.39. The largest absolute Gasteiger partial charge is 0.455 e. The van der Waals surface area contributed by atoms with Gasteiger partial charge in [-0.2, -0.15) is 5.10 Å². The Kier molecular flexibility index (Phi) is 7.90. The molecular formula is C32H30FN5O4S. The van der Waals surface area contributed by atoms with Gasteiger partial charge in [-0.3, -0.25) is 14.4 Å². The van der Waals surface area contributed by atoms with Gasteiger partial charge in [-0.15, -0.1) is 0 Å². The molecule has 2 N–H and O–H groups in total. The first-order chi connectivity index (χ1) is 20.9. The number of anilines is 1. The first kappa shape index (κ1) is 28.5. The lowest BCUT2D eigenvalue weighted by Gasteiger charge is -2.38. The van der Waals surface area contributed by atoms with Crippen molar-refractivity contribution < 1.29 is 18.4 Å². The molecule has 1 aliphatic heterocycles. The molecule has 0 bridgehead atoms. The molecule has 43 heavy (non-hydrogen) atoms. The summed E-state index contributed by atoms with van der Waals surface area (Å²) in [5, 5.41) is 10.9. The molecule has 9 nitrogen and oxygen atoms in total. The lowest BCUT2D eigenvalue weighted by atomic mass is 10.0. The van der Waals surface area contributed by atoms with Gasteiger partial charge in [-0.1, -0.05) is 30.1 Å². The molecule has 0 saturated carbocycles. The molecule has 0 aliphatic carbocycles. The van der Waals surface area contributed by atoms with E-state index in [1.54, 1.807) is 43.4 Å². The fraction of sp³-hybridized carbons (Fsp3) is 0.250. The maximum atomic E-state index is 13.8. The number of carbonyl (C=O) groups excluding carboxylic acids is 2. The van der Waals surface area contributed by atoms with Gasteiger partial charge in [0.2, 0.25) is 0 Å². The molecule has 0 radical (unpaired) electrons. The summed E-state index contributed by atoms with van der Waals surface area (Å²) in [5.74, 6) is -0.517. The number of halogens is 1. The van der Waals surface area contributed by atoms with Gasteiger partial charge >= 0.3 is 0 Å². The third kappa shape index (κ3) is 5.36. The number of carbonyl (C=O) groups is 2. The van der Waals surface area contributed by atoms with Crippen molar-refractivity contribution in [2.24, 2.45) is 0 Å². The molecule has 1 saturated heterocycles. The minimum absolute atomic E-state index is 0.0929. The molecule has 6 rings (SSSR count). The molecule has 2 aromatic heterocycles. The highest BCUT2D eigenvalue weighted by molar-refractivity contribution is 7.99. The molecule has 5 aromatic rings. The van der Waals surface area contributed by atoms with Gasteiger partial charge < -0.3 is 18.9 Å². The minimum atomic E-state index is -0.376. The first-order valence-corrected chi connectivity index (χ1v) is 15.2. The van der Waals surface area contributed by atoms with Crippen molar-refractivity contribution in [1.82, 2.24) is 20.4 Å².